The number of carbonyl (C=O) groups excluding carboxylic acids is 2. The minimum Gasteiger partial charge on any atom is -0.448 e. The Morgan fingerprint density at radius 2 is 2.29 bits per heavy atom. The van der Waals surface area contributed by atoms with Gasteiger partial charge in [0.05, 0.1) is 12.9 Å². The molecule has 0 bridgehead atoms. The third kappa shape index (κ3) is 4.51. The molecule has 1 rings (SSSR count). The number of ether oxygens (including phenoxy) is 1. The van der Waals surface area contributed by atoms with E-state index in [-0.39, 0.29) is 24.8 Å². The molecule has 5 N–H and O–H groups in total. The predicted molar refractivity (Wildman–Crippen MR) is 59.2 cm³/mol. The SMILES string of the molecule is NCCn1cnc(C(=O)NCCOC(N)=O)c1. The predicted octanol–water partition coefficient (Wildman–Crippen LogP) is -1.33. The Bertz CT molecular complexity index is 390. The molecule has 8 nitrogen and oxygen atoms in total. The molecule has 0 aliphatic carbocycles. The standard InChI is InChI=1S/C9H15N5O3/c10-1-3-14-5-7(13-6-14)8(15)12-2-4-17-9(11)16/h5-6H,1-4,10H2,(H2,11,16)(H,12,15). The monoisotopic (exact) mass is 241 g/mol. The Labute approximate surface area is 97.9 Å². The summed E-state index contributed by atoms with van der Waals surface area (Å²) in [6.07, 6.45) is 2.25. The van der Waals surface area contributed by atoms with Crippen LogP contribution in [0.2, 0.25) is 0 Å². The summed E-state index contributed by atoms with van der Waals surface area (Å²) < 4.78 is 6.17. The van der Waals surface area contributed by atoms with Gasteiger partial charge >= 0.3 is 6.09 Å². The number of nitrogens with two attached hydrogens (primary N) is 2. The van der Waals surface area contributed by atoms with Crippen molar-refractivity contribution in [3.05, 3.63) is 18.2 Å². The van der Waals surface area contributed by atoms with Crippen molar-refractivity contribution in [3.63, 3.8) is 0 Å². The third-order valence-corrected chi connectivity index (χ3v) is 1.89. The first kappa shape index (κ1) is 13.0. The molecule has 0 atom stereocenters. The van der Waals surface area contributed by atoms with E-state index in [2.05, 4.69) is 15.0 Å². The zero-order valence-electron chi connectivity index (χ0n) is 9.26. The maximum atomic E-state index is 11.5. The van der Waals surface area contributed by atoms with Crippen LogP contribution >= 0.6 is 0 Å². The van der Waals surface area contributed by atoms with Crippen molar-refractivity contribution in [2.75, 3.05) is 19.7 Å². The van der Waals surface area contributed by atoms with Gasteiger partial charge in [0, 0.05) is 19.3 Å². The molecule has 1 heterocycles. The number of imidazole rings is 1. The van der Waals surface area contributed by atoms with Crippen molar-refractivity contribution in [2.24, 2.45) is 11.5 Å². The summed E-state index contributed by atoms with van der Waals surface area (Å²) in [6, 6.07) is 0. The molecule has 8 heteroatoms. The van der Waals surface area contributed by atoms with E-state index in [1.165, 1.54) is 6.33 Å². The molecule has 0 unspecified atom stereocenters. The molecule has 0 aliphatic heterocycles. The summed E-state index contributed by atoms with van der Waals surface area (Å²) in [5.74, 6) is -0.339. The van der Waals surface area contributed by atoms with Gasteiger partial charge in [-0.2, -0.15) is 0 Å². The molecule has 2 amide bonds. The van der Waals surface area contributed by atoms with Crippen LogP contribution in [0.3, 0.4) is 0 Å². The molecule has 0 saturated carbocycles. The van der Waals surface area contributed by atoms with E-state index in [1.807, 2.05) is 0 Å². The highest BCUT2D eigenvalue weighted by atomic mass is 16.5. The quantitative estimate of drug-likeness (QED) is 0.532. The molecule has 1 aromatic rings. The molecule has 0 radical (unpaired) electrons. The molecule has 0 spiro atoms. The summed E-state index contributed by atoms with van der Waals surface area (Å²) in [6.45, 7) is 1.30. The smallest absolute Gasteiger partial charge is 0.404 e. The highest BCUT2D eigenvalue weighted by Gasteiger charge is 2.08. The lowest BCUT2D eigenvalue weighted by molar-refractivity contribution is 0.0932. The molecular formula is C9H15N5O3. The Balaban J connectivity index is 2.33. The number of aromatic nitrogens is 2. The average Bonchev–Trinajstić information content (AvgIpc) is 2.73. The van der Waals surface area contributed by atoms with Gasteiger partial charge in [0.1, 0.15) is 12.3 Å². The van der Waals surface area contributed by atoms with Gasteiger partial charge in [-0.3, -0.25) is 4.79 Å². The van der Waals surface area contributed by atoms with E-state index in [9.17, 15) is 9.59 Å². The molecule has 0 aromatic carbocycles. The highest BCUT2D eigenvalue weighted by molar-refractivity contribution is 5.91. The van der Waals surface area contributed by atoms with Crippen molar-refractivity contribution in [1.82, 2.24) is 14.9 Å². The molecule has 0 fully saturated rings. The summed E-state index contributed by atoms with van der Waals surface area (Å²) in [7, 11) is 0. The number of nitrogens with one attached hydrogen (secondary N) is 1. The van der Waals surface area contributed by atoms with Crippen LogP contribution in [-0.2, 0) is 11.3 Å². The van der Waals surface area contributed by atoms with E-state index in [1.54, 1.807) is 10.8 Å². The van der Waals surface area contributed by atoms with Crippen LogP contribution in [0.1, 0.15) is 10.5 Å². The fourth-order valence-corrected chi connectivity index (χ4v) is 1.16. The van der Waals surface area contributed by atoms with Gasteiger partial charge in [-0.1, -0.05) is 0 Å². The van der Waals surface area contributed by atoms with Crippen LogP contribution in [0.15, 0.2) is 12.5 Å². The topological polar surface area (TPSA) is 125 Å². The van der Waals surface area contributed by atoms with Gasteiger partial charge in [0.2, 0.25) is 0 Å². The fourth-order valence-electron chi connectivity index (χ4n) is 1.16. The van der Waals surface area contributed by atoms with Crippen molar-refractivity contribution >= 4 is 12.0 Å². The minimum absolute atomic E-state index is 0.0323. The van der Waals surface area contributed by atoms with E-state index in [0.717, 1.165) is 0 Å². The lowest BCUT2D eigenvalue weighted by atomic mass is 10.4. The van der Waals surface area contributed by atoms with Crippen molar-refractivity contribution in [2.45, 2.75) is 6.54 Å². The highest BCUT2D eigenvalue weighted by Crippen LogP contribution is 1.95. The number of hydrogen-bond acceptors (Lipinski definition) is 5. The Hall–Kier alpha value is -2.09. The molecule has 17 heavy (non-hydrogen) atoms. The van der Waals surface area contributed by atoms with Crippen LogP contribution in [0.5, 0.6) is 0 Å². The van der Waals surface area contributed by atoms with Crippen molar-refractivity contribution in [1.29, 1.82) is 0 Å². The van der Waals surface area contributed by atoms with Gasteiger partial charge in [-0.15, -0.1) is 0 Å². The molecule has 94 valence electrons. The van der Waals surface area contributed by atoms with Gasteiger partial charge in [0.25, 0.3) is 5.91 Å². The minimum atomic E-state index is -0.869. The summed E-state index contributed by atoms with van der Waals surface area (Å²) in [5, 5.41) is 2.53. The zero-order valence-corrected chi connectivity index (χ0v) is 9.26. The fraction of sp³-hybridized carbons (Fsp3) is 0.444. The number of hydrogen-bond donors (Lipinski definition) is 3. The maximum absolute atomic E-state index is 11.5. The van der Waals surface area contributed by atoms with Crippen LogP contribution in [0, 0.1) is 0 Å². The second-order valence-electron chi connectivity index (χ2n) is 3.21. The largest absolute Gasteiger partial charge is 0.448 e. The average molecular weight is 241 g/mol. The molecule has 1 aromatic heterocycles. The maximum Gasteiger partial charge on any atom is 0.404 e. The summed E-state index contributed by atoms with van der Waals surface area (Å²) >= 11 is 0. The number of rotatable bonds is 6. The third-order valence-electron chi connectivity index (χ3n) is 1.89. The van der Waals surface area contributed by atoms with Crippen LogP contribution in [0.4, 0.5) is 4.79 Å². The molecule has 0 aliphatic rings. The van der Waals surface area contributed by atoms with Gasteiger partial charge < -0.3 is 26.1 Å². The first-order valence-corrected chi connectivity index (χ1v) is 5.05. The van der Waals surface area contributed by atoms with Gasteiger partial charge in [0.15, 0.2) is 0 Å². The second kappa shape index (κ2) is 6.48. The number of amides is 2. The first-order valence-electron chi connectivity index (χ1n) is 5.05. The van der Waals surface area contributed by atoms with Crippen molar-refractivity contribution < 1.29 is 14.3 Å². The Kier molecular flexibility index (Phi) is 4.95. The van der Waals surface area contributed by atoms with E-state index in [0.29, 0.717) is 13.1 Å². The Morgan fingerprint density at radius 3 is 2.94 bits per heavy atom. The lowest BCUT2D eigenvalue weighted by Gasteiger charge is -2.02. The summed E-state index contributed by atoms with van der Waals surface area (Å²) in [5.41, 5.74) is 10.4. The molecule has 0 saturated heterocycles. The number of carbonyl (C=O) groups is 2. The Morgan fingerprint density at radius 1 is 1.53 bits per heavy atom. The van der Waals surface area contributed by atoms with E-state index < -0.39 is 6.09 Å². The van der Waals surface area contributed by atoms with E-state index >= 15 is 0 Å². The van der Waals surface area contributed by atoms with E-state index in [4.69, 9.17) is 11.5 Å². The number of primary amides is 1. The van der Waals surface area contributed by atoms with Gasteiger partial charge in [-0.25, -0.2) is 9.78 Å². The normalized spacial score (nSPS) is 9.94. The zero-order chi connectivity index (χ0) is 12.7. The summed E-state index contributed by atoms with van der Waals surface area (Å²) in [4.78, 5) is 25.7. The lowest BCUT2D eigenvalue weighted by Crippen LogP contribution is -2.29. The molecular weight excluding hydrogens is 226 g/mol. The van der Waals surface area contributed by atoms with Crippen LogP contribution in [-0.4, -0.2) is 41.2 Å². The second-order valence-corrected chi connectivity index (χ2v) is 3.21. The van der Waals surface area contributed by atoms with Crippen molar-refractivity contribution in [3.8, 4) is 0 Å². The first-order chi connectivity index (χ1) is 8.13. The van der Waals surface area contributed by atoms with Gasteiger partial charge in [-0.05, 0) is 0 Å². The van der Waals surface area contributed by atoms with Crippen LogP contribution < -0.4 is 16.8 Å². The van der Waals surface area contributed by atoms with Crippen LogP contribution in [0.25, 0.3) is 0 Å². The number of nitrogens with zero attached hydrogens (tertiary/aromatic N) is 2.